The number of hydrogen-bond donors (Lipinski definition) is 1. The Morgan fingerprint density at radius 3 is 2.31 bits per heavy atom. The van der Waals surface area contributed by atoms with Gasteiger partial charge in [-0.2, -0.15) is 4.39 Å². The zero-order chi connectivity index (χ0) is 20.8. The van der Waals surface area contributed by atoms with Gasteiger partial charge in [-0.25, -0.2) is 4.39 Å². The van der Waals surface area contributed by atoms with Gasteiger partial charge in [0.15, 0.2) is 11.6 Å². The van der Waals surface area contributed by atoms with Crippen molar-refractivity contribution in [3.8, 4) is 5.75 Å². The summed E-state index contributed by atoms with van der Waals surface area (Å²) in [5.41, 5.74) is 0.308. The summed E-state index contributed by atoms with van der Waals surface area (Å²) >= 11 is 0. The van der Waals surface area contributed by atoms with E-state index in [4.69, 9.17) is 4.74 Å². The van der Waals surface area contributed by atoms with Crippen molar-refractivity contribution in [2.45, 2.75) is 96.5 Å². The molecule has 1 N–H and O–H groups in total. The summed E-state index contributed by atoms with van der Waals surface area (Å²) in [6.45, 7) is 4.67. The lowest BCUT2D eigenvalue weighted by atomic mass is 9.67. The average molecular weight is 409 g/mol. The van der Waals surface area contributed by atoms with Gasteiger partial charge in [0.2, 0.25) is 5.82 Å². The van der Waals surface area contributed by atoms with Crippen molar-refractivity contribution in [2.75, 3.05) is 6.61 Å². The number of ether oxygens (including phenoxy) is 1. The molecule has 164 valence electrons. The summed E-state index contributed by atoms with van der Waals surface area (Å²) in [6, 6.07) is 3.14. The third kappa shape index (κ3) is 5.51. The van der Waals surface area contributed by atoms with E-state index < -0.39 is 17.7 Å². The number of halogens is 2. The summed E-state index contributed by atoms with van der Waals surface area (Å²) in [7, 11) is 0. The first-order chi connectivity index (χ1) is 14.0. The number of hydrogen-bond acceptors (Lipinski definition) is 2. The molecule has 0 aromatic heterocycles. The molecule has 2 aliphatic rings. The Hall–Kier alpha value is -1.16. The summed E-state index contributed by atoms with van der Waals surface area (Å²) < 4.78 is 34.6. The van der Waals surface area contributed by atoms with Crippen molar-refractivity contribution in [1.82, 2.24) is 0 Å². The van der Waals surface area contributed by atoms with E-state index in [1.54, 1.807) is 6.07 Å². The monoisotopic (exact) mass is 408 g/mol. The molecule has 2 saturated carbocycles. The topological polar surface area (TPSA) is 29.5 Å². The highest BCUT2D eigenvalue weighted by molar-refractivity contribution is 5.34. The van der Waals surface area contributed by atoms with Gasteiger partial charge in [0.05, 0.1) is 12.7 Å². The van der Waals surface area contributed by atoms with E-state index in [0.717, 1.165) is 31.6 Å². The minimum atomic E-state index is -0.915. The Kier molecular flexibility index (Phi) is 8.35. The standard InChI is InChI=1S/C25H38F2O2/c1-3-5-15-29-23-14-13-21(24(26)25(23)27)20-12-11-19(16-22(20)28)18-9-7-17(6-4-2)8-10-18/h13-14,17-20,22,28H,3-12,15-16H2,1-2H3/t17?,18?,19-,20+,22?/m1/s1. The SMILES string of the molecule is CCCCOc1ccc([C@@H]2CC[C@@H](C3CCC(CCC)CC3)CC2O)c(F)c1F. The molecular weight excluding hydrogens is 370 g/mol. The molecule has 2 fully saturated rings. The lowest BCUT2D eigenvalue weighted by Gasteiger charge is -2.40. The van der Waals surface area contributed by atoms with Gasteiger partial charge in [-0.1, -0.05) is 52.0 Å². The Bertz CT molecular complexity index is 640. The lowest BCUT2D eigenvalue weighted by molar-refractivity contribution is 0.0454. The molecule has 0 radical (unpaired) electrons. The van der Waals surface area contributed by atoms with Gasteiger partial charge in [-0.3, -0.25) is 0 Å². The van der Waals surface area contributed by atoms with Gasteiger partial charge in [-0.05, 0) is 67.9 Å². The van der Waals surface area contributed by atoms with Crippen molar-refractivity contribution in [1.29, 1.82) is 0 Å². The Morgan fingerprint density at radius 1 is 0.931 bits per heavy atom. The summed E-state index contributed by atoms with van der Waals surface area (Å²) in [5.74, 6) is -0.00649. The molecule has 1 aromatic carbocycles. The van der Waals surface area contributed by atoms with Crippen LogP contribution in [-0.2, 0) is 0 Å². The zero-order valence-electron chi connectivity index (χ0n) is 18.1. The van der Waals surface area contributed by atoms with E-state index in [0.29, 0.717) is 30.4 Å². The van der Waals surface area contributed by atoms with Gasteiger partial charge < -0.3 is 9.84 Å². The molecule has 4 heteroatoms. The van der Waals surface area contributed by atoms with Gasteiger partial charge in [0, 0.05) is 5.92 Å². The smallest absolute Gasteiger partial charge is 0.200 e. The first-order valence-electron chi connectivity index (χ1n) is 11.8. The summed E-state index contributed by atoms with van der Waals surface area (Å²) in [5, 5.41) is 10.8. The van der Waals surface area contributed by atoms with E-state index in [2.05, 4.69) is 6.92 Å². The number of aliphatic hydroxyl groups is 1. The summed E-state index contributed by atoms with van der Waals surface area (Å²) in [4.78, 5) is 0. The molecule has 0 amide bonds. The fourth-order valence-electron chi connectivity index (χ4n) is 5.60. The molecule has 0 spiro atoms. The van der Waals surface area contributed by atoms with Crippen LogP contribution in [-0.4, -0.2) is 17.8 Å². The third-order valence-corrected chi connectivity index (χ3v) is 7.34. The minimum Gasteiger partial charge on any atom is -0.490 e. The van der Waals surface area contributed by atoms with Crippen LogP contribution in [0.1, 0.15) is 96.0 Å². The highest BCUT2D eigenvalue weighted by atomic mass is 19.2. The average Bonchev–Trinajstić information content (AvgIpc) is 2.73. The van der Waals surface area contributed by atoms with Crippen LogP contribution < -0.4 is 4.74 Å². The second-order valence-electron chi connectivity index (χ2n) is 9.30. The number of aliphatic hydroxyl groups excluding tert-OH is 1. The van der Waals surface area contributed by atoms with Crippen LogP contribution in [0.3, 0.4) is 0 Å². The van der Waals surface area contributed by atoms with Crippen molar-refractivity contribution in [2.24, 2.45) is 17.8 Å². The van der Waals surface area contributed by atoms with Crippen LogP contribution in [0, 0.1) is 29.4 Å². The maximum Gasteiger partial charge on any atom is 0.200 e. The van der Waals surface area contributed by atoms with Crippen LogP contribution in [0.15, 0.2) is 12.1 Å². The van der Waals surface area contributed by atoms with Crippen molar-refractivity contribution in [3.63, 3.8) is 0 Å². The zero-order valence-corrected chi connectivity index (χ0v) is 18.1. The lowest BCUT2D eigenvalue weighted by Crippen LogP contribution is -2.33. The van der Waals surface area contributed by atoms with Gasteiger partial charge in [0.25, 0.3) is 0 Å². The first-order valence-corrected chi connectivity index (χ1v) is 11.8. The highest BCUT2D eigenvalue weighted by Gasteiger charge is 2.37. The number of benzene rings is 1. The molecule has 3 atom stereocenters. The predicted octanol–water partition coefficient (Wildman–Crippen LogP) is 6.99. The fraction of sp³-hybridized carbons (Fsp3) is 0.760. The van der Waals surface area contributed by atoms with E-state index in [1.807, 2.05) is 6.92 Å². The number of rotatable bonds is 8. The molecule has 1 aromatic rings. The van der Waals surface area contributed by atoms with Crippen molar-refractivity contribution < 1.29 is 18.6 Å². The second kappa shape index (κ2) is 10.7. The van der Waals surface area contributed by atoms with E-state index >= 15 is 0 Å². The number of unbranched alkanes of at least 4 members (excludes halogenated alkanes) is 1. The molecule has 29 heavy (non-hydrogen) atoms. The van der Waals surface area contributed by atoms with Gasteiger partial charge in [0.1, 0.15) is 0 Å². The van der Waals surface area contributed by atoms with Crippen LogP contribution >= 0.6 is 0 Å². The van der Waals surface area contributed by atoms with Crippen LogP contribution in [0.25, 0.3) is 0 Å². The Labute approximate surface area is 175 Å². The molecule has 0 saturated heterocycles. The summed E-state index contributed by atoms with van der Waals surface area (Å²) in [6.07, 6.45) is 11.4. The van der Waals surface area contributed by atoms with E-state index in [9.17, 15) is 13.9 Å². The van der Waals surface area contributed by atoms with Gasteiger partial charge >= 0.3 is 0 Å². The van der Waals surface area contributed by atoms with Crippen LogP contribution in [0.5, 0.6) is 5.75 Å². The molecule has 0 bridgehead atoms. The maximum absolute atomic E-state index is 14.7. The molecule has 2 aliphatic carbocycles. The Balaban J connectivity index is 1.59. The minimum absolute atomic E-state index is 0.0216. The molecule has 2 nitrogen and oxygen atoms in total. The predicted molar refractivity (Wildman–Crippen MR) is 113 cm³/mol. The quantitative estimate of drug-likeness (QED) is 0.470. The Morgan fingerprint density at radius 2 is 1.66 bits per heavy atom. The third-order valence-electron chi connectivity index (χ3n) is 7.34. The fourth-order valence-corrected chi connectivity index (χ4v) is 5.60. The molecule has 1 unspecified atom stereocenters. The van der Waals surface area contributed by atoms with Crippen LogP contribution in [0.4, 0.5) is 8.78 Å². The first kappa shape index (κ1) is 22.5. The normalized spacial score (nSPS) is 30.3. The molecule has 0 aliphatic heterocycles. The second-order valence-corrected chi connectivity index (χ2v) is 9.30. The molecular formula is C25H38F2O2. The van der Waals surface area contributed by atoms with Gasteiger partial charge in [-0.15, -0.1) is 0 Å². The van der Waals surface area contributed by atoms with E-state index in [-0.39, 0.29) is 11.7 Å². The van der Waals surface area contributed by atoms with Crippen LogP contribution in [0.2, 0.25) is 0 Å². The largest absolute Gasteiger partial charge is 0.490 e. The molecule has 3 rings (SSSR count). The van der Waals surface area contributed by atoms with Crippen molar-refractivity contribution in [3.05, 3.63) is 29.3 Å². The van der Waals surface area contributed by atoms with E-state index in [1.165, 1.54) is 44.6 Å². The van der Waals surface area contributed by atoms with Crippen molar-refractivity contribution >= 4 is 0 Å². The molecule has 0 heterocycles. The highest BCUT2D eigenvalue weighted by Crippen LogP contribution is 2.45. The maximum atomic E-state index is 14.7.